The van der Waals surface area contributed by atoms with Gasteiger partial charge in [-0.15, -0.1) is 0 Å². The maximum Gasteiger partial charge on any atom is 0.257 e. The SMILES string of the molecule is COc1ccccc1NC(=O)c1cncc(C(=O)NCC2CCCO2)c1. The molecule has 136 valence electrons. The van der Waals surface area contributed by atoms with Crippen LogP contribution in [0.5, 0.6) is 5.75 Å². The molecule has 0 spiro atoms. The van der Waals surface area contributed by atoms with Crippen LogP contribution in [0.2, 0.25) is 0 Å². The lowest BCUT2D eigenvalue weighted by molar-refractivity contribution is 0.0857. The molecule has 1 unspecified atom stereocenters. The highest BCUT2D eigenvalue weighted by molar-refractivity contribution is 6.06. The summed E-state index contributed by atoms with van der Waals surface area (Å²) in [6, 6.07) is 8.62. The molecule has 0 radical (unpaired) electrons. The van der Waals surface area contributed by atoms with Crippen LogP contribution in [0.15, 0.2) is 42.7 Å². The molecule has 3 rings (SSSR count). The standard InChI is InChI=1S/C19H21N3O4/c1-25-17-7-3-2-6-16(17)22-19(24)14-9-13(10-20-11-14)18(23)21-12-15-5-4-8-26-15/h2-3,6-7,9-11,15H,4-5,8,12H2,1H3,(H,21,23)(H,22,24). The smallest absolute Gasteiger partial charge is 0.257 e. The zero-order valence-electron chi connectivity index (χ0n) is 14.5. The van der Waals surface area contributed by atoms with Gasteiger partial charge in [0.15, 0.2) is 0 Å². The van der Waals surface area contributed by atoms with Gasteiger partial charge in [0.05, 0.1) is 30.0 Å². The molecule has 2 amide bonds. The van der Waals surface area contributed by atoms with E-state index in [4.69, 9.17) is 9.47 Å². The molecule has 1 aliphatic rings. The Morgan fingerprint density at radius 3 is 2.73 bits per heavy atom. The van der Waals surface area contributed by atoms with Crippen molar-refractivity contribution in [2.45, 2.75) is 18.9 Å². The van der Waals surface area contributed by atoms with E-state index in [1.807, 2.05) is 6.07 Å². The van der Waals surface area contributed by atoms with Crippen molar-refractivity contribution in [3.63, 3.8) is 0 Å². The van der Waals surface area contributed by atoms with Crippen molar-refractivity contribution in [3.05, 3.63) is 53.9 Å². The Morgan fingerprint density at radius 2 is 2.00 bits per heavy atom. The van der Waals surface area contributed by atoms with Crippen molar-refractivity contribution < 1.29 is 19.1 Å². The van der Waals surface area contributed by atoms with Gasteiger partial charge in [-0.3, -0.25) is 14.6 Å². The Labute approximate surface area is 151 Å². The lowest BCUT2D eigenvalue weighted by atomic mass is 10.1. The Bertz CT molecular complexity index is 788. The van der Waals surface area contributed by atoms with Gasteiger partial charge in [-0.1, -0.05) is 12.1 Å². The number of amides is 2. The van der Waals surface area contributed by atoms with Crippen LogP contribution in [0.3, 0.4) is 0 Å². The summed E-state index contributed by atoms with van der Waals surface area (Å²) in [6.07, 6.45) is 4.87. The Hall–Kier alpha value is -2.93. The van der Waals surface area contributed by atoms with Crippen molar-refractivity contribution in [2.24, 2.45) is 0 Å². The topological polar surface area (TPSA) is 89.5 Å². The zero-order valence-corrected chi connectivity index (χ0v) is 14.5. The fourth-order valence-electron chi connectivity index (χ4n) is 2.74. The number of nitrogens with zero attached hydrogens (tertiary/aromatic N) is 1. The van der Waals surface area contributed by atoms with E-state index in [1.54, 1.807) is 18.2 Å². The summed E-state index contributed by atoms with van der Waals surface area (Å²) in [5.74, 6) is -0.0880. The number of ether oxygens (including phenoxy) is 2. The summed E-state index contributed by atoms with van der Waals surface area (Å²) in [7, 11) is 1.53. The average Bonchev–Trinajstić information content (AvgIpc) is 3.20. The molecule has 1 aromatic heterocycles. The monoisotopic (exact) mass is 355 g/mol. The van der Waals surface area contributed by atoms with E-state index in [2.05, 4.69) is 15.6 Å². The van der Waals surface area contributed by atoms with Crippen LogP contribution in [0.1, 0.15) is 33.6 Å². The van der Waals surface area contributed by atoms with Gasteiger partial charge in [-0.2, -0.15) is 0 Å². The zero-order chi connectivity index (χ0) is 18.4. The number of hydrogen-bond acceptors (Lipinski definition) is 5. The van der Waals surface area contributed by atoms with Crippen molar-refractivity contribution in [3.8, 4) is 5.75 Å². The molecule has 26 heavy (non-hydrogen) atoms. The number of benzene rings is 1. The van der Waals surface area contributed by atoms with Crippen molar-refractivity contribution in [1.82, 2.24) is 10.3 Å². The maximum absolute atomic E-state index is 12.5. The third-order valence-corrected chi connectivity index (χ3v) is 4.13. The summed E-state index contributed by atoms with van der Waals surface area (Å²) in [5, 5.41) is 5.58. The highest BCUT2D eigenvalue weighted by atomic mass is 16.5. The third-order valence-electron chi connectivity index (χ3n) is 4.13. The molecule has 1 atom stereocenters. The Kier molecular flexibility index (Phi) is 5.80. The molecule has 1 aromatic carbocycles. The molecule has 7 nitrogen and oxygen atoms in total. The van der Waals surface area contributed by atoms with Gasteiger partial charge >= 0.3 is 0 Å². The molecular formula is C19H21N3O4. The van der Waals surface area contributed by atoms with E-state index in [1.165, 1.54) is 25.6 Å². The van der Waals surface area contributed by atoms with Crippen molar-refractivity contribution in [1.29, 1.82) is 0 Å². The molecule has 2 aromatic rings. The number of nitrogens with one attached hydrogen (secondary N) is 2. The van der Waals surface area contributed by atoms with Crippen LogP contribution in [0.25, 0.3) is 0 Å². The second-order valence-corrected chi connectivity index (χ2v) is 5.96. The number of pyridine rings is 1. The summed E-state index contributed by atoms with van der Waals surface area (Å²) in [6.45, 7) is 1.19. The molecule has 0 aliphatic carbocycles. The Balaban J connectivity index is 1.65. The lowest BCUT2D eigenvalue weighted by Crippen LogP contribution is -2.32. The predicted octanol–water partition coefficient (Wildman–Crippen LogP) is 2.25. The molecule has 0 bridgehead atoms. The minimum atomic E-state index is -0.365. The van der Waals surface area contributed by atoms with Gasteiger partial charge < -0.3 is 20.1 Å². The van der Waals surface area contributed by atoms with E-state index in [9.17, 15) is 9.59 Å². The number of carbonyl (C=O) groups excluding carboxylic acids is 2. The fourth-order valence-corrected chi connectivity index (χ4v) is 2.74. The molecule has 1 saturated heterocycles. The van der Waals surface area contributed by atoms with E-state index >= 15 is 0 Å². The highest BCUT2D eigenvalue weighted by Crippen LogP contribution is 2.23. The Morgan fingerprint density at radius 1 is 1.23 bits per heavy atom. The molecule has 7 heteroatoms. The summed E-state index contributed by atoms with van der Waals surface area (Å²) in [5.41, 5.74) is 1.17. The highest BCUT2D eigenvalue weighted by Gasteiger charge is 2.18. The predicted molar refractivity (Wildman–Crippen MR) is 96.5 cm³/mol. The van der Waals surface area contributed by atoms with E-state index in [-0.39, 0.29) is 17.9 Å². The minimum absolute atomic E-state index is 0.0592. The number of anilines is 1. The summed E-state index contributed by atoms with van der Waals surface area (Å²) >= 11 is 0. The first-order chi connectivity index (χ1) is 12.7. The lowest BCUT2D eigenvalue weighted by Gasteiger charge is -2.12. The average molecular weight is 355 g/mol. The number of rotatable bonds is 6. The van der Waals surface area contributed by atoms with E-state index in [0.29, 0.717) is 29.1 Å². The molecule has 1 aliphatic heterocycles. The first-order valence-electron chi connectivity index (χ1n) is 8.46. The molecule has 2 N–H and O–H groups in total. The van der Waals surface area contributed by atoms with Crippen LogP contribution in [-0.4, -0.2) is 43.2 Å². The molecule has 1 fully saturated rings. The van der Waals surface area contributed by atoms with Gasteiger partial charge in [0.25, 0.3) is 11.8 Å². The quantitative estimate of drug-likeness (QED) is 0.830. The van der Waals surface area contributed by atoms with Crippen LogP contribution in [-0.2, 0) is 4.74 Å². The molecular weight excluding hydrogens is 334 g/mol. The maximum atomic E-state index is 12.5. The number of aromatic nitrogens is 1. The van der Waals surface area contributed by atoms with Crippen LogP contribution in [0.4, 0.5) is 5.69 Å². The fraction of sp³-hybridized carbons (Fsp3) is 0.316. The van der Waals surface area contributed by atoms with Gasteiger partial charge in [-0.25, -0.2) is 0 Å². The minimum Gasteiger partial charge on any atom is -0.495 e. The second-order valence-electron chi connectivity index (χ2n) is 5.96. The van der Waals surface area contributed by atoms with Gasteiger partial charge in [0.2, 0.25) is 0 Å². The van der Waals surface area contributed by atoms with Crippen LogP contribution >= 0.6 is 0 Å². The normalized spacial score (nSPS) is 16.1. The number of carbonyl (C=O) groups is 2. The number of methoxy groups -OCH3 is 1. The molecule has 0 saturated carbocycles. The van der Waals surface area contributed by atoms with E-state index in [0.717, 1.165) is 19.4 Å². The van der Waals surface area contributed by atoms with Gasteiger partial charge in [-0.05, 0) is 31.0 Å². The van der Waals surface area contributed by atoms with Crippen molar-refractivity contribution >= 4 is 17.5 Å². The first kappa shape index (κ1) is 17.9. The number of para-hydroxylation sites is 2. The molecule has 2 heterocycles. The van der Waals surface area contributed by atoms with Crippen LogP contribution in [0, 0.1) is 0 Å². The third kappa shape index (κ3) is 4.37. The van der Waals surface area contributed by atoms with Gasteiger partial charge in [0, 0.05) is 25.5 Å². The largest absolute Gasteiger partial charge is 0.495 e. The summed E-state index contributed by atoms with van der Waals surface area (Å²) in [4.78, 5) is 28.7. The summed E-state index contributed by atoms with van der Waals surface area (Å²) < 4.78 is 10.7. The van der Waals surface area contributed by atoms with Crippen LogP contribution < -0.4 is 15.4 Å². The van der Waals surface area contributed by atoms with Crippen molar-refractivity contribution in [2.75, 3.05) is 25.6 Å². The number of hydrogen-bond donors (Lipinski definition) is 2. The second kappa shape index (κ2) is 8.44. The van der Waals surface area contributed by atoms with E-state index < -0.39 is 0 Å². The van der Waals surface area contributed by atoms with Gasteiger partial charge in [0.1, 0.15) is 5.75 Å². The first-order valence-corrected chi connectivity index (χ1v) is 8.46.